The van der Waals surface area contributed by atoms with Crippen molar-refractivity contribution in [2.45, 2.75) is 6.92 Å². The number of carbonyl (C=O) groups is 2. The number of halogens is 2. The number of hydrogen-bond acceptors (Lipinski definition) is 4. The number of para-hydroxylation sites is 1. The van der Waals surface area contributed by atoms with Crippen molar-refractivity contribution in [3.8, 4) is 10.4 Å². The van der Waals surface area contributed by atoms with E-state index in [1.54, 1.807) is 30.3 Å². The molecule has 27 heavy (non-hydrogen) atoms. The maximum atomic E-state index is 13.7. The van der Waals surface area contributed by atoms with Gasteiger partial charge in [-0.05, 0) is 54.4 Å². The van der Waals surface area contributed by atoms with E-state index in [9.17, 15) is 18.4 Å². The summed E-state index contributed by atoms with van der Waals surface area (Å²) in [6, 6.07) is 11.8. The van der Waals surface area contributed by atoms with Crippen molar-refractivity contribution in [3.63, 3.8) is 0 Å². The zero-order valence-corrected chi connectivity index (χ0v) is 15.3. The Hall–Kier alpha value is -3.06. The second kappa shape index (κ2) is 7.67. The molecule has 4 nitrogen and oxygen atoms in total. The minimum Gasteiger partial charge on any atom is -0.465 e. The van der Waals surface area contributed by atoms with Crippen LogP contribution in [0, 0.1) is 18.6 Å². The molecule has 0 spiro atoms. The third-order valence-corrected chi connectivity index (χ3v) is 5.07. The van der Waals surface area contributed by atoms with E-state index in [1.807, 2.05) is 6.92 Å². The quantitative estimate of drug-likeness (QED) is 0.638. The first-order valence-electron chi connectivity index (χ1n) is 7.95. The first-order chi connectivity index (χ1) is 12.9. The number of ether oxygens (including phenoxy) is 1. The molecule has 1 N–H and O–H groups in total. The molecule has 0 aliphatic rings. The zero-order valence-electron chi connectivity index (χ0n) is 14.5. The minimum absolute atomic E-state index is 0.288. The molecule has 138 valence electrons. The largest absolute Gasteiger partial charge is 0.465 e. The smallest absolute Gasteiger partial charge is 0.337 e. The van der Waals surface area contributed by atoms with Crippen molar-refractivity contribution < 1.29 is 23.1 Å². The summed E-state index contributed by atoms with van der Waals surface area (Å²) >= 11 is 1.16. The molecule has 0 aliphatic heterocycles. The summed E-state index contributed by atoms with van der Waals surface area (Å²) in [6.07, 6.45) is 0. The molecule has 0 aliphatic carbocycles. The number of carbonyl (C=O) groups excluding carboxylic acids is 2. The van der Waals surface area contributed by atoms with Crippen LogP contribution >= 0.6 is 11.3 Å². The van der Waals surface area contributed by atoms with Crippen molar-refractivity contribution in [1.29, 1.82) is 0 Å². The number of nitrogens with one attached hydrogen (secondary N) is 1. The van der Waals surface area contributed by atoms with Crippen molar-refractivity contribution in [2.75, 3.05) is 12.4 Å². The van der Waals surface area contributed by atoms with Crippen LogP contribution in [0.25, 0.3) is 10.4 Å². The van der Waals surface area contributed by atoms with E-state index in [1.165, 1.54) is 13.2 Å². The third kappa shape index (κ3) is 3.88. The summed E-state index contributed by atoms with van der Waals surface area (Å²) in [5.74, 6) is -2.76. The Morgan fingerprint density at radius 3 is 2.41 bits per heavy atom. The van der Waals surface area contributed by atoms with Crippen LogP contribution in [0.4, 0.5) is 14.5 Å². The van der Waals surface area contributed by atoms with Crippen LogP contribution < -0.4 is 5.32 Å². The van der Waals surface area contributed by atoms with E-state index in [0.717, 1.165) is 39.5 Å². The summed E-state index contributed by atoms with van der Waals surface area (Å²) in [6.45, 7) is 1.88. The van der Waals surface area contributed by atoms with Crippen molar-refractivity contribution >= 4 is 28.9 Å². The Balaban J connectivity index is 1.89. The lowest BCUT2D eigenvalue weighted by molar-refractivity contribution is 0.0600. The van der Waals surface area contributed by atoms with Gasteiger partial charge in [0, 0.05) is 4.88 Å². The lowest BCUT2D eigenvalue weighted by atomic mass is 10.0. The van der Waals surface area contributed by atoms with Gasteiger partial charge < -0.3 is 10.1 Å². The lowest BCUT2D eigenvalue weighted by Crippen LogP contribution is -2.12. The molecule has 0 atom stereocenters. The van der Waals surface area contributed by atoms with Crippen LogP contribution in [0.1, 0.15) is 25.6 Å². The first-order valence-corrected chi connectivity index (χ1v) is 8.77. The molecule has 0 saturated heterocycles. The van der Waals surface area contributed by atoms with Gasteiger partial charge in [-0.1, -0.05) is 12.1 Å². The third-order valence-electron chi connectivity index (χ3n) is 3.96. The monoisotopic (exact) mass is 387 g/mol. The zero-order chi connectivity index (χ0) is 19.6. The summed E-state index contributed by atoms with van der Waals surface area (Å²) in [7, 11) is 1.30. The van der Waals surface area contributed by atoms with Crippen molar-refractivity contribution in [1.82, 2.24) is 0 Å². The molecule has 1 aromatic heterocycles. The van der Waals surface area contributed by atoms with Crippen LogP contribution in [0.15, 0.2) is 48.5 Å². The molecule has 2 aromatic carbocycles. The summed E-state index contributed by atoms with van der Waals surface area (Å²) in [4.78, 5) is 25.1. The fraction of sp³-hybridized carbons (Fsp3) is 0.100. The highest BCUT2D eigenvalue weighted by Gasteiger charge is 2.17. The highest BCUT2D eigenvalue weighted by atomic mass is 32.1. The maximum Gasteiger partial charge on any atom is 0.337 e. The van der Waals surface area contributed by atoms with Gasteiger partial charge in [0.15, 0.2) is 0 Å². The second-order valence-corrected chi connectivity index (χ2v) is 6.82. The Labute approximate surface area is 158 Å². The van der Waals surface area contributed by atoms with Crippen LogP contribution in [-0.4, -0.2) is 19.0 Å². The fourth-order valence-corrected chi connectivity index (χ4v) is 3.51. The molecule has 3 aromatic rings. The molecule has 1 amide bonds. The van der Waals surface area contributed by atoms with E-state index < -0.39 is 29.2 Å². The number of aryl methyl sites for hydroxylation is 1. The van der Waals surface area contributed by atoms with Crippen LogP contribution in [0.3, 0.4) is 0 Å². The molecule has 0 saturated carbocycles. The standard InChI is InChI=1S/C20H15F2NO3S/c1-11-6-7-12(20(25)26-2)10-13(11)16-8-9-17(27-16)19(24)23-18-14(21)4-3-5-15(18)22/h3-10H,1-2H3,(H,23,24). The number of anilines is 1. The van der Waals surface area contributed by atoms with Crippen LogP contribution in [-0.2, 0) is 4.74 Å². The predicted molar refractivity (Wildman–Crippen MR) is 100 cm³/mol. The molecule has 0 radical (unpaired) electrons. The van der Waals surface area contributed by atoms with Gasteiger partial charge in [0.2, 0.25) is 0 Å². The summed E-state index contributed by atoms with van der Waals surface area (Å²) < 4.78 is 32.1. The Morgan fingerprint density at radius 1 is 1.04 bits per heavy atom. The SMILES string of the molecule is COC(=O)c1ccc(C)c(-c2ccc(C(=O)Nc3c(F)cccc3F)s2)c1. The van der Waals surface area contributed by atoms with E-state index in [2.05, 4.69) is 5.32 Å². The molecular formula is C20H15F2NO3S. The molecule has 0 bridgehead atoms. The van der Waals surface area contributed by atoms with Crippen molar-refractivity contribution in [3.05, 3.63) is 76.2 Å². The van der Waals surface area contributed by atoms with Crippen molar-refractivity contribution in [2.24, 2.45) is 0 Å². The van der Waals surface area contributed by atoms with E-state index in [0.29, 0.717) is 5.56 Å². The van der Waals surface area contributed by atoms with Gasteiger partial charge >= 0.3 is 5.97 Å². The number of benzene rings is 2. The maximum absolute atomic E-state index is 13.7. The Bertz CT molecular complexity index is 1010. The highest BCUT2D eigenvalue weighted by molar-refractivity contribution is 7.17. The van der Waals surface area contributed by atoms with E-state index >= 15 is 0 Å². The topological polar surface area (TPSA) is 55.4 Å². The molecule has 3 rings (SSSR count). The minimum atomic E-state index is -0.846. The van der Waals surface area contributed by atoms with Gasteiger partial charge in [-0.25, -0.2) is 13.6 Å². The first kappa shape index (κ1) is 18.7. The number of thiophene rings is 1. The van der Waals surface area contributed by atoms with Gasteiger partial charge in [0.1, 0.15) is 17.3 Å². The average Bonchev–Trinajstić information content (AvgIpc) is 3.14. The average molecular weight is 387 g/mol. The number of hydrogen-bond donors (Lipinski definition) is 1. The van der Waals surface area contributed by atoms with Gasteiger partial charge in [-0.15, -0.1) is 11.3 Å². The number of methoxy groups -OCH3 is 1. The predicted octanol–water partition coefficient (Wildman–Crippen LogP) is 5.04. The number of rotatable bonds is 4. The van der Waals surface area contributed by atoms with E-state index in [4.69, 9.17) is 4.74 Å². The Kier molecular flexibility index (Phi) is 5.32. The lowest BCUT2D eigenvalue weighted by Gasteiger charge is -2.07. The molecule has 0 unspecified atom stereocenters. The van der Waals surface area contributed by atoms with Gasteiger partial charge in [0.25, 0.3) is 5.91 Å². The van der Waals surface area contributed by atoms with Gasteiger partial charge in [0.05, 0.1) is 17.6 Å². The van der Waals surface area contributed by atoms with E-state index in [-0.39, 0.29) is 4.88 Å². The van der Waals surface area contributed by atoms with Crippen LogP contribution in [0.2, 0.25) is 0 Å². The summed E-state index contributed by atoms with van der Waals surface area (Å²) in [5, 5.41) is 2.26. The molecule has 0 fully saturated rings. The number of amides is 1. The highest BCUT2D eigenvalue weighted by Crippen LogP contribution is 2.32. The van der Waals surface area contributed by atoms with Gasteiger partial charge in [-0.2, -0.15) is 0 Å². The normalized spacial score (nSPS) is 10.5. The Morgan fingerprint density at radius 2 is 1.74 bits per heavy atom. The second-order valence-electron chi connectivity index (χ2n) is 5.74. The summed E-state index contributed by atoms with van der Waals surface area (Å²) in [5.41, 5.74) is 1.60. The number of esters is 1. The molecule has 7 heteroatoms. The van der Waals surface area contributed by atoms with Gasteiger partial charge in [-0.3, -0.25) is 4.79 Å². The molecular weight excluding hydrogens is 372 g/mol. The molecule has 1 heterocycles. The van der Waals surface area contributed by atoms with Crippen LogP contribution in [0.5, 0.6) is 0 Å². The fourth-order valence-electron chi connectivity index (χ4n) is 2.53.